The number of nitrogens with zero attached hydrogens (tertiary/aromatic N) is 1. The number of ether oxygens (including phenoxy) is 1. The van der Waals surface area contributed by atoms with Crippen LogP contribution in [0.4, 0.5) is 0 Å². The fourth-order valence-electron chi connectivity index (χ4n) is 8.02. The van der Waals surface area contributed by atoms with Gasteiger partial charge >= 0.3 is 5.97 Å². The minimum atomic E-state index is -1.09. The maximum absolute atomic E-state index is 13.2. The van der Waals surface area contributed by atoms with Crippen LogP contribution in [-0.4, -0.2) is 24.3 Å². The van der Waals surface area contributed by atoms with Crippen molar-refractivity contribution in [3.63, 3.8) is 0 Å². The van der Waals surface area contributed by atoms with Crippen LogP contribution < -0.4 is 0 Å². The Morgan fingerprint density at radius 2 is 2.04 bits per heavy atom. The van der Waals surface area contributed by atoms with Gasteiger partial charge in [0.2, 0.25) is 0 Å². The molecular formula is C24H35NO3. The number of nitriles is 1. The van der Waals surface area contributed by atoms with Crippen LogP contribution in [0.25, 0.3) is 0 Å². The predicted molar refractivity (Wildman–Crippen MR) is 107 cm³/mol. The van der Waals surface area contributed by atoms with Crippen molar-refractivity contribution in [1.29, 1.82) is 5.26 Å². The molecule has 0 saturated heterocycles. The van der Waals surface area contributed by atoms with Crippen LogP contribution >= 0.6 is 0 Å². The normalized spacial score (nSPS) is 46.0. The van der Waals surface area contributed by atoms with E-state index < -0.39 is 22.2 Å². The minimum Gasteiger partial charge on any atom is -0.481 e. The Hall–Kier alpha value is -1.34. The third-order valence-corrected chi connectivity index (χ3v) is 8.85. The van der Waals surface area contributed by atoms with Crippen LogP contribution in [0.1, 0.15) is 60.3 Å². The van der Waals surface area contributed by atoms with Gasteiger partial charge in [0.05, 0.1) is 18.1 Å². The second-order valence-corrected chi connectivity index (χ2v) is 10.8. The van der Waals surface area contributed by atoms with Gasteiger partial charge in [-0.3, -0.25) is 4.79 Å². The maximum Gasteiger partial charge on any atom is 0.316 e. The van der Waals surface area contributed by atoms with E-state index in [1.54, 1.807) is 0 Å². The molecule has 0 aromatic rings. The molecule has 0 radical (unpaired) electrons. The summed E-state index contributed by atoms with van der Waals surface area (Å²) in [6, 6.07) is 2.69. The first kappa shape index (κ1) is 20.0. The van der Waals surface area contributed by atoms with Crippen LogP contribution in [0.5, 0.6) is 0 Å². The third kappa shape index (κ3) is 2.07. The van der Waals surface area contributed by atoms with Crippen molar-refractivity contribution in [2.24, 2.45) is 51.8 Å². The Morgan fingerprint density at radius 1 is 1.32 bits per heavy atom. The van der Waals surface area contributed by atoms with E-state index in [1.807, 2.05) is 0 Å². The number of carboxylic acid groups (broad SMARTS) is 1. The molecule has 0 aromatic carbocycles. The topological polar surface area (TPSA) is 70.3 Å². The zero-order valence-corrected chi connectivity index (χ0v) is 18.0. The van der Waals surface area contributed by atoms with Crippen molar-refractivity contribution in [3.8, 4) is 6.07 Å². The summed E-state index contributed by atoms with van der Waals surface area (Å²) in [5, 5.41) is 21.4. The van der Waals surface area contributed by atoms with E-state index in [0.29, 0.717) is 37.4 Å². The van der Waals surface area contributed by atoms with Gasteiger partial charge in [0.1, 0.15) is 5.41 Å². The largest absolute Gasteiger partial charge is 0.481 e. The van der Waals surface area contributed by atoms with Gasteiger partial charge in [-0.15, -0.1) is 0 Å². The number of allylic oxidation sites excluding steroid dienone is 1. The lowest BCUT2D eigenvalue weighted by molar-refractivity contribution is -0.179. The zero-order chi connectivity index (χ0) is 20.5. The molecule has 0 spiro atoms. The molecule has 4 heteroatoms. The Bertz CT molecular complexity index is 749. The molecule has 4 nitrogen and oxygen atoms in total. The summed E-state index contributed by atoms with van der Waals surface area (Å²) in [6.45, 7) is 11.8. The summed E-state index contributed by atoms with van der Waals surface area (Å²) in [5.41, 5.74) is -1.34. The highest BCUT2D eigenvalue weighted by Gasteiger charge is 2.84. The van der Waals surface area contributed by atoms with Crippen molar-refractivity contribution < 1.29 is 14.6 Å². The second kappa shape index (κ2) is 6.33. The summed E-state index contributed by atoms with van der Waals surface area (Å²) < 4.78 is 6.21. The number of fused-ring (bicyclic) bond motifs is 2. The van der Waals surface area contributed by atoms with E-state index in [2.05, 4.69) is 46.8 Å². The van der Waals surface area contributed by atoms with Crippen molar-refractivity contribution in [1.82, 2.24) is 0 Å². The average Bonchev–Trinajstić information content (AvgIpc) is 3.18. The Labute approximate surface area is 169 Å². The van der Waals surface area contributed by atoms with Gasteiger partial charge in [-0.25, -0.2) is 0 Å². The van der Waals surface area contributed by atoms with Gasteiger partial charge < -0.3 is 9.84 Å². The molecule has 4 aliphatic rings. The Morgan fingerprint density at radius 3 is 2.61 bits per heavy atom. The molecule has 28 heavy (non-hydrogen) atoms. The van der Waals surface area contributed by atoms with E-state index in [-0.39, 0.29) is 17.8 Å². The van der Waals surface area contributed by atoms with Crippen LogP contribution in [0.15, 0.2) is 11.6 Å². The molecule has 4 bridgehead atoms. The van der Waals surface area contributed by atoms with E-state index in [9.17, 15) is 15.2 Å². The number of carbonyl (C=O) groups is 1. The maximum atomic E-state index is 13.2. The minimum absolute atomic E-state index is 0.133. The monoisotopic (exact) mass is 385 g/mol. The number of hydrogen-bond acceptors (Lipinski definition) is 3. The lowest BCUT2D eigenvalue weighted by Gasteiger charge is -2.57. The van der Waals surface area contributed by atoms with E-state index in [1.165, 1.54) is 0 Å². The number of aliphatic carboxylic acids is 1. The summed E-state index contributed by atoms with van der Waals surface area (Å²) in [5.74, 6) is 1.12. The molecule has 4 aliphatic carbocycles. The summed E-state index contributed by atoms with van der Waals surface area (Å²) >= 11 is 0. The van der Waals surface area contributed by atoms with Crippen molar-refractivity contribution >= 4 is 5.97 Å². The summed E-state index contributed by atoms with van der Waals surface area (Å²) in [4.78, 5) is 13.2. The highest BCUT2D eigenvalue weighted by molar-refractivity contribution is 5.85. The van der Waals surface area contributed by atoms with Crippen molar-refractivity contribution in [3.05, 3.63) is 11.6 Å². The third-order valence-electron chi connectivity index (χ3n) is 8.85. The van der Waals surface area contributed by atoms with E-state index in [0.717, 1.165) is 24.8 Å². The van der Waals surface area contributed by atoms with Gasteiger partial charge in [-0.05, 0) is 54.8 Å². The van der Waals surface area contributed by atoms with Crippen LogP contribution in [0.2, 0.25) is 0 Å². The lowest BCUT2D eigenvalue weighted by Crippen LogP contribution is -2.62. The number of hydrogen-bond donors (Lipinski definition) is 1. The molecular weight excluding hydrogens is 350 g/mol. The summed E-state index contributed by atoms with van der Waals surface area (Å²) in [6.07, 6.45) is 5.95. The second-order valence-electron chi connectivity index (χ2n) is 10.8. The standard InChI is InChI=1S/C24H35NO3/c1-14(2)11-28-13-23-10-18-16(5)6-7-19(18)22(12-25)9-17(23)8-20(15(3)4)24(22,23)21(26)27/h8,14-19H,6-7,9-11,13H2,1-5H3,(H,26,27)/t16?,17?,18?,19?,22-,23+,24-/m0/s1. The van der Waals surface area contributed by atoms with Gasteiger partial charge in [-0.2, -0.15) is 5.26 Å². The molecule has 7 atom stereocenters. The first-order valence-electron chi connectivity index (χ1n) is 11.1. The molecule has 154 valence electrons. The number of carboxylic acids is 1. The van der Waals surface area contributed by atoms with Gasteiger partial charge in [0.15, 0.2) is 0 Å². The molecule has 0 heterocycles. The highest BCUT2D eigenvalue weighted by atomic mass is 16.5. The van der Waals surface area contributed by atoms with Crippen molar-refractivity contribution in [2.45, 2.75) is 60.3 Å². The predicted octanol–water partition coefficient (Wildman–Crippen LogP) is 4.91. The lowest BCUT2D eigenvalue weighted by atomic mass is 9.43. The molecule has 0 aliphatic heterocycles. The molecule has 4 unspecified atom stereocenters. The highest BCUT2D eigenvalue weighted by Crippen LogP contribution is 2.83. The van der Waals surface area contributed by atoms with Gasteiger partial charge in [-0.1, -0.05) is 52.7 Å². The molecule has 0 aromatic heterocycles. The SMILES string of the molecule is CC(C)COC[C@]12CC3C(C)CCC3[C@@]3(C#N)CC1C=C(C(C)C)[C@@]23C(=O)O. The molecule has 0 amide bonds. The van der Waals surface area contributed by atoms with Crippen LogP contribution in [0.3, 0.4) is 0 Å². The van der Waals surface area contributed by atoms with Crippen LogP contribution in [-0.2, 0) is 9.53 Å². The van der Waals surface area contributed by atoms with Gasteiger partial charge in [0.25, 0.3) is 0 Å². The first-order chi connectivity index (χ1) is 13.2. The van der Waals surface area contributed by atoms with E-state index >= 15 is 0 Å². The average molecular weight is 386 g/mol. The van der Waals surface area contributed by atoms with Crippen molar-refractivity contribution in [2.75, 3.05) is 13.2 Å². The fraction of sp³-hybridized carbons (Fsp3) is 0.833. The first-order valence-corrected chi connectivity index (χ1v) is 11.1. The molecule has 3 saturated carbocycles. The van der Waals surface area contributed by atoms with E-state index in [4.69, 9.17) is 4.74 Å². The van der Waals surface area contributed by atoms with Crippen LogP contribution in [0, 0.1) is 63.1 Å². The fourth-order valence-corrected chi connectivity index (χ4v) is 8.02. The van der Waals surface area contributed by atoms with Gasteiger partial charge in [0, 0.05) is 12.0 Å². The Kier molecular flexibility index (Phi) is 4.51. The molecule has 4 rings (SSSR count). The zero-order valence-electron chi connectivity index (χ0n) is 18.0. The smallest absolute Gasteiger partial charge is 0.316 e. The quantitative estimate of drug-likeness (QED) is 0.660. The molecule has 1 N–H and O–H groups in total. The molecule has 3 fully saturated rings. The Balaban J connectivity index is 1.91. The summed E-state index contributed by atoms with van der Waals surface area (Å²) in [7, 11) is 0. The number of rotatable bonds is 6.